The zero-order chi connectivity index (χ0) is 15.6. The Bertz CT molecular complexity index is 788. The molecule has 0 saturated heterocycles. The lowest BCUT2D eigenvalue weighted by molar-refractivity contribution is 0.103. The molecule has 0 bridgehead atoms. The number of rotatable bonds is 4. The Hall–Kier alpha value is -1.12. The number of benzene rings is 2. The highest BCUT2D eigenvalue weighted by Crippen LogP contribution is 2.22. The van der Waals surface area contributed by atoms with Crippen molar-refractivity contribution in [1.29, 1.82) is 0 Å². The Balaban J connectivity index is 2.30. The standard InChI is InChI=1S/C14H11ClINO3S/c1-21(19,20)17-11-5-2-9(3-6-11)14(18)12-8-10(15)4-7-13(12)16/h2-8,17H,1H3. The van der Waals surface area contributed by atoms with Gasteiger partial charge in [0.25, 0.3) is 0 Å². The molecule has 0 fully saturated rings. The first-order chi connectivity index (χ1) is 9.76. The second kappa shape index (κ2) is 6.33. The Morgan fingerprint density at radius 1 is 1.14 bits per heavy atom. The number of hydrogen-bond donors (Lipinski definition) is 1. The number of ketones is 1. The summed E-state index contributed by atoms with van der Waals surface area (Å²) in [5, 5.41) is 0.495. The molecule has 0 aliphatic rings. The SMILES string of the molecule is CS(=O)(=O)Nc1ccc(C(=O)c2cc(Cl)ccc2I)cc1. The van der Waals surface area contributed by atoms with E-state index in [1.54, 1.807) is 42.5 Å². The molecule has 2 aromatic rings. The second-order valence-electron chi connectivity index (χ2n) is 4.40. The fourth-order valence-electron chi connectivity index (χ4n) is 1.73. The molecule has 1 N–H and O–H groups in total. The maximum atomic E-state index is 12.4. The van der Waals surface area contributed by atoms with Crippen molar-refractivity contribution < 1.29 is 13.2 Å². The van der Waals surface area contributed by atoms with Crippen molar-refractivity contribution in [3.05, 3.63) is 62.2 Å². The summed E-state index contributed by atoms with van der Waals surface area (Å²) < 4.78 is 25.4. The quantitative estimate of drug-likeness (QED) is 0.590. The minimum atomic E-state index is -3.33. The number of anilines is 1. The maximum Gasteiger partial charge on any atom is 0.229 e. The van der Waals surface area contributed by atoms with Gasteiger partial charge in [-0.3, -0.25) is 9.52 Å². The number of carbonyl (C=O) groups excluding carboxylic acids is 1. The summed E-state index contributed by atoms with van der Waals surface area (Å²) in [5.74, 6) is -0.159. The third-order valence-corrected chi connectivity index (χ3v) is 4.41. The maximum absolute atomic E-state index is 12.4. The summed E-state index contributed by atoms with van der Waals surface area (Å²) in [7, 11) is -3.33. The van der Waals surface area contributed by atoms with Gasteiger partial charge in [-0.2, -0.15) is 0 Å². The zero-order valence-electron chi connectivity index (χ0n) is 10.9. The zero-order valence-corrected chi connectivity index (χ0v) is 14.7. The van der Waals surface area contributed by atoms with Crippen molar-refractivity contribution in [3.63, 3.8) is 0 Å². The largest absolute Gasteiger partial charge is 0.289 e. The minimum absolute atomic E-state index is 0.159. The highest BCUT2D eigenvalue weighted by atomic mass is 127. The molecule has 21 heavy (non-hydrogen) atoms. The van der Waals surface area contributed by atoms with Crippen LogP contribution < -0.4 is 4.72 Å². The van der Waals surface area contributed by atoms with Gasteiger partial charge in [0.05, 0.1) is 6.26 Å². The molecule has 110 valence electrons. The average Bonchev–Trinajstić information content (AvgIpc) is 2.40. The van der Waals surface area contributed by atoms with Crippen LogP contribution >= 0.6 is 34.2 Å². The lowest BCUT2D eigenvalue weighted by atomic mass is 10.0. The fraction of sp³-hybridized carbons (Fsp3) is 0.0714. The number of halogens is 2. The van der Waals surface area contributed by atoms with Gasteiger partial charge in [0.1, 0.15) is 0 Å². The van der Waals surface area contributed by atoms with Crippen molar-refractivity contribution in [2.45, 2.75) is 0 Å². The van der Waals surface area contributed by atoms with Gasteiger partial charge in [0.2, 0.25) is 10.0 Å². The van der Waals surface area contributed by atoms with E-state index >= 15 is 0 Å². The Labute approximate surface area is 141 Å². The molecule has 2 rings (SSSR count). The summed E-state index contributed by atoms with van der Waals surface area (Å²) in [6, 6.07) is 11.4. The Morgan fingerprint density at radius 3 is 2.33 bits per heavy atom. The molecule has 2 aromatic carbocycles. The molecule has 0 aliphatic heterocycles. The van der Waals surface area contributed by atoms with E-state index in [1.807, 2.05) is 0 Å². The molecule has 0 radical (unpaired) electrons. The second-order valence-corrected chi connectivity index (χ2v) is 7.75. The van der Waals surface area contributed by atoms with Crippen LogP contribution in [0.3, 0.4) is 0 Å². The number of carbonyl (C=O) groups is 1. The van der Waals surface area contributed by atoms with Crippen molar-refractivity contribution in [2.75, 3.05) is 11.0 Å². The highest BCUT2D eigenvalue weighted by molar-refractivity contribution is 14.1. The van der Waals surface area contributed by atoms with Gasteiger partial charge in [-0.05, 0) is 65.1 Å². The van der Waals surface area contributed by atoms with Crippen molar-refractivity contribution in [1.82, 2.24) is 0 Å². The molecule has 0 heterocycles. The molecule has 0 amide bonds. The fourth-order valence-corrected chi connectivity index (χ4v) is 3.05. The molecule has 0 atom stereocenters. The minimum Gasteiger partial charge on any atom is -0.289 e. The van der Waals surface area contributed by atoms with E-state index in [0.717, 1.165) is 9.83 Å². The first kappa shape index (κ1) is 16.3. The van der Waals surface area contributed by atoms with Crippen molar-refractivity contribution in [2.24, 2.45) is 0 Å². The lowest BCUT2D eigenvalue weighted by Crippen LogP contribution is -2.10. The van der Waals surface area contributed by atoms with E-state index in [1.165, 1.54) is 0 Å². The first-order valence-electron chi connectivity index (χ1n) is 5.84. The van der Waals surface area contributed by atoms with Gasteiger partial charge in [-0.15, -0.1) is 0 Å². The predicted octanol–water partition coefficient (Wildman–Crippen LogP) is 3.55. The predicted molar refractivity (Wildman–Crippen MR) is 92.5 cm³/mol. The van der Waals surface area contributed by atoms with Crippen LogP contribution in [0.4, 0.5) is 5.69 Å². The molecular weight excluding hydrogens is 425 g/mol. The summed E-state index contributed by atoms with van der Waals surface area (Å²) >= 11 is 7.99. The molecule has 0 aliphatic carbocycles. The number of nitrogens with one attached hydrogen (secondary N) is 1. The van der Waals surface area contributed by atoms with Gasteiger partial charge in [0.15, 0.2) is 5.78 Å². The molecule has 0 saturated carbocycles. The van der Waals surface area contributed by atoms with Gasteiger partial charge >= 0.3 is 0 Å². The van der Waals surface area contributed by atoms with Crippen molar-refractivity contribution >= 4 is 55.7 Å². The van der Waals surface area contributed by atoms with Crippen LogP contribution in [-0.2, 0) is 10.0 Å². The van der Waals surface area contributed by atoms with Crippen LogP contribution in [-0.4, -0.2) is 20.5 Å². The van der Waals surface area contributed by atoms with Crippen LogP contribution in [0.15, 0.2) is 42.5 Å². The summed E-state index contributed by atoms with van der Waals surface area (Å²) in [6.45, 7) is 0. The molecule has 4 nitrogen and oxygen atoms in total. The summed E-state index contributed by atoms with van der Waals surface area (Å²) in [4.78, 5) is 12.4. The van der Waals surface area contributed by atoms with E-state index in [0.29, 0.717) is 21.8 Å². The van der Waals surface area contributed by atoms with Gasteiger partial charge < -0.3 is 0 Å². The van der Waals surface area contributed by atoms with Crippen LogP contribution in [0.5, 0.6) is 0 Å². The molecule has 0 aromatic heterocycles. The van der Waals surface area contributed by atoms with E-state index in [2.05, 4.69) is 27.3 Å². The van der Waals surface area contributed by atoms with Crippen molar-refractivity contribution in [3.8, 4) is 0 Å². The van der Waals surface area contributed by atoms with Crippen LogP contribution in [0.1, 0.15) is 15.9 Å². The summed E-state index contributed by atoms with van der Waals surface area (Å²) in [5.41, 5.74) is 1.40. The third kappa shape index (κ3) is 4.42. The third-order valence-electron chi connectivity index (χ3n) is 2.62. The Kier molecular flexibility index (Phi) is 4.90. The number of sulfonamides is 1. The van der Waals surface area contributed by atoms with Gasteiger partial charge in [-0.1, -0.05) is 11.6 Å². The number of hydrogen-bond acceptors (Lipinski definition) is 3. The van der Waals surface area contributed by atoms with E-state index in [-0.39, 0.29) is 5.78 Å². The average molecular weight is 436 g/mol. The smallest absolute Gasteiger partial charge is 0.229 e. The molecule has 7 heteroatoms. The normalized spacial score (nSPS) is 11.2. The van der Waals surface area contributed by atoms with Gasteiger partial charge in [0, 0.05) is 25.4 Å². The van der Waals surface area contributed by atoms with Crippen LogP contribution in [0.2, 0.25) is 5.02 Å². The lowest BCUT2D eigenvalue weighted by Gasteiger charge is -2.07. The van der Waals surface area contributed by atoms with Crippen LogP contribution in [0, 0.1) is 3.57 Å². The van der Waals surface area contributed by atoms with Gasteiger partial charge in [-0.25, -0.2) is 8.42 Å². The molecular formula is C14H11ClINO3S. The molecule has 0 spiro atoms. The van der Waals surface area contributed by atoms with E-state index < -0.39 is 10.0 Å². The Morgan fingerprint density at radius 2 is 1.76 bits per heavy atom. The monoisotopic (exact) mass is 435 g/mol. The first-order valence-corrected chi connectivity index (χ1v) is 9.19. The topological polar surface area (TPSA) is 63.2 Å². The van der Waals surface area contributed by atoms with Crippen LogP contribution in [0.25, 0.3) is 0 Å². The van der Waals surface area contributed by atoms with E-state index in [4.69, 9.17) is 11.6 Å². The molecule has 0 unspecified atom stereocenters. The highest BCUT2D eigenvalue weighted by Gasteiger charge is 2.13. The van der Waals surface area contributed by atoms with E-state index in [9.17, 15) is 13.2 Å². The summed E-state index contributed by atoms with van der Waals surface area (Å²) in [6.07, 6.45) is 1.07.